The highest BCUT2D eigenvalue weighted by atomic mass is 15.3. The summed E-state index contributed by atoms with van der Waals surface area (Å²) in [6, 6.07) is 15.3. The maximum absolute atomic E-state index is 5.67. The normalized spacial score (nSPS) is 14.2. The molecule has 4 heteroatoms. The number of allylic oxidation sites excluding steroid dienone is 4. The van der Waals surface area contributed by atoms with Gasteiger partial charge < -0.3 is 5.73 Å². The average Bonchev–Trinajstić information content (AvgIpc) is 3.14. The molecule has 0 saturated carbocycles. The van der Waals surface area contributed by atoms with Gasteiger partial charge >= 0.3 is 0 Å². The fraction of sp³-hybridized carbons (Fsp3) is 0.379. The van der Waals surface area contributed by atoms with Crippen LogP contribution in [-0.4, -0.2) is 21.3 Å². The summed E-state index contributed by atoms with van der Waals surface area (Å²) in [5, 5.41) is 4.69. The fourth-order valence-corrected chi connectivity index (χ4v) is 4.66. The van der Waals surface area contributed by atoms with E-state index in [1.54, 1.807) is 0 Å². The Morgan fingerprint density at radius 1 is 0.970 bits per heavy atom. The van der Waals surface area contributed by atoms with Crippen LogP contribution in [0.5, 0.6) is 0 Å². The first kappa shape index (κ1) is 23.2. The lowest BCUT2D eigenvalue weighted by Gasteiger charge is -2.22. The maximum Gasteiger partial charge on any atom is 0.0665 e. The number of aromatic nitrogens is 3. The van der Waals surface area contributed by atoms with Crippen molar-refractivity contribution in [3.63, 3.8) is 0 Å². The molecule has 2 aromatic heterocycles. The average molecular weight is 441 g/mol. The van der Waals surface area contributed by atoms with Crippen LogP contribution in [0.25, 0.3) is 11.3 Å². The second kappa shape index (κ2) is 9.48. The van der Waals surface area contributed by atoms with Gasteiger partial charge in [0.15, 0.2) is 0 Å². The Hall–Kier alpha value is -2.98. The molecule has 4 rings (SSSR count). The van der Waals surface area contributed by atoms with Crippen molar-refractivity contribution < 1.29 is 0 Å². The summed E-state index contributed by atoms with van der Waals surface area (Å²) in [6.45, 7) is 11.6. The van der Waals surface area contributed by atoms with Gasteiger partial charge in [-0.2, -0.15) is 5.10 Å². The largest absolute Gasteiger partial charge is 0.330 e. The Morgan fingerprint density at radius 2 is 1.73 bits per heavy atom. The molecule has 0 bridgehead atoms. The number of hydrogen-bond acceptors (Lipinski definition) is 3. The van der Waals surface area contributed by atoms with Crippen molar-refractivity contribution in [2.45, 2.75) is 65.7 Å². The summed E-state index contributed by atoms with van der Waals surface area (Å²) in [5.74, 6) is 0. The van der Waals surface area contributed by atoms with Crippen LogP contribution in [-0.2, 0) is 18.3 Å². The Morgan fingerprint density at radius 3 is 2.33 bits per heavy atom. The Labute approximate surface area is 198 Å². The third-order valence-corrected chi connectivity index (χ3v) is 6.41. The SMILES string of the molecule is Cc1nc(C2=CC=C(Cc3ccc(-n4nc(CCN)cc4C)cc3)CC2)ccc1C(C)(C)C. The smallest absolute Gasteiger partial charge is 0.0665 e. The van der Waals surface area contributed by atoms with Crippen LogP contribution in [0, 0.1) is 13.8 Å². The number of nitrogens with zero attached hydrogens (tertiary/aromatic N) is 3. The first-order chi connectivity index (χ1) is 15.7. The van der Waals surface area contributed by atoms with Crippen LogP contribution in [0.1, 0.15) is 67.5 Å². The summed E-state index contributed by atoms with van der Waals surface area (Å²) in [7, 11) is 0. The molecule has 1 aliphatic rings. The Balaban J connectivity index is 1.45. The molecule has 0 spiro atoms. The van der Waals surface area contributed by atoms with Crippen molar-refractivity contribution in [2.24, 2.45) is 5.73 Å². The van der Waals surface area contributed by atoms with E-state index >= 15 is 0 Å². The van der Waals surface area contributed by atoms with E-state index in [-0.39, 0.29) is 5.41 Å². The van der Waals surface area contributed by atoms with Gasteiger partial charge in [0.1, 0.15) is 0 Å². The van der Waals surface area contributed by atoms with Crippen molar-refractivity contribution in [3.05, 3.63) is 94.1 Å². The van der Waals surface area contributed by atoms with Crippen LogP contribution < -0.4 is 5.73 Å². The molecule has 0 fully saturated rings. The van der Waals surface area contributed by atoms with Crippen LogP contribution in [0.4, 0.5) is 0 Å². The molecule has 0 unspecified atom stereocenters. The van der Waals surface area contributed by atoms with Gasteiger partial charge in [0, 0.05) is 17.8 Å². The molecule has 1 aliphatic carbocycles. The minimum atomic E-state index is 0.127. The molecular weight excluding hydrogens is 404 g/mol. The molecule has 0 saturated heterocycles. The number of nitrogens with two attached hydrogens (primary N) is 1. The molecule has 172 valence electrons. The first-order valence-electron chi connectivity index (χ1n) is 12.0. The molecule has 0 amide bonds. The summed E-state index contributed by atoms with van der Waals surface area (Å²) in [6.07, 6.45) is 8.47. The van der Waals surface area contributed by atoms with E-state index in [9.17, 15) is 0 Å². The van der Waals surface area contributed by atoms with E-state index in [1.165, 1.54) is 22.3 Å². The zero-order valence-electron chi connectivity index (χ0n) is 20.7. The van der Waals surface area contributed by atoms with Crippen molar-refractivity contribution >= 4 is 5.57 Å². The zero-order valence-corrected chi connectivity index (χ0v) is 20.7. The highest BCUT2D eigenvalue weighted by Gasteiger charge is 2.18. The van der Waals surface area contributed by atoms with E-state index in [1.807, 2.05) is 4.68 Å². The van der Waals surface area contributed by atoms with E-state index in [2.05, 4.69) is 94.3 Å². The Bertz CT molecular complexity index is 1190. The number of hydrogen-bond donors (Lipinski definition) is 1. The predicted molar refractivity (Wildman–Crippen MR) is 138 cm³/mol. The highest BCUT2D eigenvalue weighted by molar-refractivity contribution is 5.66. The number of pyridine rings is 1. The van der Waals surface area contributed by atoms with Gasteiger partial charge in [-0.05, 0) is 86.0 Å². The number of aryl methyl sites for hydroxylation is 2. The quantitative estimate of drug-likeness (QED) is 0.509. The molecule has 3 aromatic rings. The first-order valence-corrected chi connectivity index (χ1v) is 12.0. The third kappa shape index (κ3) is 5.33. The van der Waals surface area contributed by atoms with Crippen LogP contribution in [0.2, 0.25) is 0 Å². The molecule has 1 aromatic carbocycles. The van der Waals surface area contributed by atoms with E-state index in [0.717, 1.165) is 54.1 Å². The minimum Gasteiger partial charge on any atom is -0.330 e. The molecule has 0 radical (unpaired) electrons. The fourth-order valence-electron chi connectivity index (χ4n) is 4.66. The molecule has 0 aliphatic heterocycles. The second-order valence-corrected chi connectivity index (χ2v) is 10.2. The minimum absolute atomic E-state index is 0.127. The molecule has 33 heavy (non-hydrogen) atoms. The standard InChI is InChI=1S/C29H36N4/c1-20-18-25(16-17-30)32-33(20)26-12-8-23(9-13-26)19-22-6-10-24(11-7-22)28-15-14-27(21(2)31-28)29(3,4)5/h6,8-10,12-15,18H,7,11,16-17,19,30H2,1-5H3. The van der Waals surface area contributed by atoms with Crippen LogP contribution in [0.3, 0.4) is 0 Å². The van der Waals surface area contributed by atoms with Crippen molar-refractivity contribution in [2.75, 3.05) is 6.54 Å². The third-order valence-electron chi connectivity index (χ3n) is 6.41. The van der Waals surface area contributed by atoms with Crippen LogP contribution in [0.15, 0.2) is 60.2 Å². The number of rotatable bonds is 6. The van der Waals surface area contributed by atoms with Gasteiger partial charge in [0.2, 0.25) is 0 Å². The van der Waals surface area contributed by atoms with Crippen molar-refractivity contribution in [1.29, 1.82) is 0 Å². The lowest BCUT2D eigenvalue weighted by atomic mass is 9.85. The lowest BCUT2D eigenvalue weighted by Crippen LogP contribution is -2.14. The monoisotopic (exact) mass is 440 g/mol. The topological polar surface area (TPSA) is 56.7 Å². The van der Waals surface area contributed by atoms with Gasteiger partial charge in [-0.25, -0.2) is 4.68 Å². The Kier molecular flexibility index (Phi) is 6.66. The van der Waals surface area contributed by atoms with E-state index < -0.39 is 0 Å². The van der Waals surface area contributed by atoms with E-state index in [0.29, 0.717) is 6.54 Å². The van der Waals surface area contributed by atoms with Crippen molar-refractivity contribution in [1.82, 2.24) is 14.8 Å². The summed E-state index contributed by atoms with van der Waals surface area (Å²) < 4.78 is 2.00. The zero-order chi connectivity index (χ0) is 23.6. The molecule has 2 N–H and O–H groups in total. The lowest BCUT2D eigenvalue weighted by molar-refractivity contribution is 0.582. The molecular formula is C29H36N4. The molecule has 2 heterocycles. The summed E-state index contributed by atoms with van der Waals surface area (Å²) >= 11 is 0. The van der Waals surface area contributed by atoms with Gasteiger partial charge in [-0.1, -0.05) is 56.7 Å². The maximum atomic E-state index is 5.67. The molecule has 4 nitrogen and oxygen atoms in total. The summed E-state index contributed by atoms with van der Waals surface area (Å²) in [4.78, 5) is 4.92. The van der Waals surface area contributed by atoms with Gasteiger partial charge in [-0.15, -0.1) is 0 Å². The van der Waals surface area contributed by atoms with Gasteiger partial charge in [-0.3, -0.25) is 4.98 Å². The van der Waals surface area contributed by atoms with Gasteiger partial charge in [0.25, 0.3) is 0 Å². The molecule has 0 atom stereocenters. The van der Waals surface area contributed by atoms with Gasteiger partial charge in [0.05, 0.1) is 17.1 Å². The summed E-state index contributed by atoms with van der Waals surface area (Å²) in [5.41, 5.74) is 16.8. The van der Waals surface area contributed by atoms with Crippen LogP contribution >= 0.6 is 0 Å². The van der Waals surface area contributed by atoms with Crippen molar-refractivity contribution in [3.8, 4) is 5.69 Å². The highest BCUT2D eigenvalue weighted by Crippen LogP contribution is 2.30. The number of benzene rings is 1. The van der Waals surface area contributed by atoms with E-state index in [4.69, 9.17) is 10.7 Å². The second-order valence-electron chi connectivity index (χ2n) is 10.2. The predicted octanol–water partition coefficient (Wildman–Crippen LogP) is 6.03.